The summed E-state index contributed by atoms with van der Waals surface area (Å²) in [6.07, 6.45) is -3.49. The number of nitrogens with one attached hydrogen (secondary N) is 1. The van der Waals surface area contributed by atoms with Gasteiger partial charge in [0.15, 0.2) is 0 Å². The number of amides is 2. The van der Waals surface area contributed by atoms with E-state index in [1.165, 1.54) is 6.42 Å². The number of nitro groups is 1. The number of carbonyl (C=O) groups is 1. The number of anilines is 1. The molecule has 14 heteroatoms. The summed E-state index contributed by atoms with van der Waals surface area (Å²) < 4.78 is 44.7. The van der Waals surface area contributed by atoms with Gasteiger partial charge in [-0.15, -0.1) is 0 Å². The Hall–Kier alpha value is -3.19. The Morgan fingerprint density at radius 2 is 1.76 bits per heavy atom. The molecule has 4 rings (SSSR count). The molecule has 1 aromatic carbocycles. The number of nitrogens with zero attached hydrogens (tertiary/aromatic N) is 5. The molecule has 10 nitrogen and oxygen atoms in total. The van der Waals surface area contributed by atoms with Crippen LogP contribution in [-0.4, -0.2) is 57.0 Å². The summed E-state index contributed by atoms with van der Waals surface area (Å²) in [5.74, 6) is 0.252. The number of ether oxygens (including phenoxy) is 1. The lowest BCUT2D eigenvalue weighted by molar-refractivity contribution is -0.385. The van der Waals surface area contributed by atoms with Crippen molar-refractivity contribution in [3.63, 3.8) is 0 Å². The molecule has 0 radical (unpaired) electrons. The zero-order valence-corrected chi connectivity index (χ0v) is 22.5. The number of urea groups is 1. The number of alkyl halides is 3. The van der Waals surface area contributed by atoms with E-state index in [0.29, 0.717) is 43.6 Å². The second kappa shape index (κ2) is 14.1. The lowest BCUT2D eigenvalue weighted by atomic mass is 10.1. The highest BCUT2D eigenvalue weighted by atomic mass is 35.5. The lowest BCUT2D eigenvalue weighted by Gasteiger charge is -2.30. The molecule has 38 heavy (non-hydrogen) atoms. The van der Waals surface area contributed by atoms with Gasteiger partial charge in [-0.05, 0) is 23.2 Å². The minimum atomic E-state index is -4.74. The molecular weight excluding hydrogens is 529 g/mol. The van der Waals surface area contributed by atoms with Crippen molar-refractivity contribution in [3.8, 4) is 0 Å². The van der Waals surface area contributed by atoms with Crippen molar-refractivity contribution >= 4 is 29.1 Å². The summed E-state index contributed by atoms with van der Waals surface area (Å²) in [4.78, 5) is 34.5. The number of carbonyl (C=O) groups excluding carboxylic acids is 1. The average molecular weight is 561 g/mol. The molecular formula is C24H32ClF3N6O4. The largest absolute Gasteiger partial charge is 0.416 e. The normalized spacial score (nSPS) is 14.5. The number of benzene rings is 1. The van der Waals surface area contributed by atoms with E-state index in [1.54, 1.807) is 9.80 Å². The van der Waals surface area contributed by atoms with Gasteiger partial charge in [0.2, 0.25) is 5.28 Å². The van der Waals surface area contributed by atoms with Gasteiger partial charge in [-0.3, -0.25) is 10.1 Å². The molecule has 0 unspecified atom stereocenters. The van der Waals surface area contributed by atoms with Crippen molar-refractivity contribution in [2.45, 2.75) is 59.9 Å². The molecule has 2 aromatic rings. The first-order valence-corrected chi connectivity index (χ1v) is 12.7. The van der Waals surface area contributed by atoms with Crippen molar-refractivity contribution in [2.75, 3.05) is 31.6 Å². The van der Waals surface area contributed by atoms with Crippen molar-refractivity contribution in [1.29, 1.82) is 0 Å². The second-order valence-corrected chi connectivity index (χ2v) is 8.55. The number of fused-ring (bicyclic) bond motifs is 1. The van der Waals surface area contributed by atoms with Gasteiger partial charge in [-0.25, -0.2) is 14.8 Å². The Morgan fingerprint density at radius 3 is 2.34 bits per heavy atom. The number of nitro benzene ring substituents is 1. The maximum absolute atomic E-state index is 13.1. The third kappa shape index (κ3) is 8.15. The molecule has 210 valence electrons. The van der Waals surface area contributed by atoms with Gasteiger partial charge in [-0.2, -0.15) is 13.2 Å². The van der Waals surface area contributed by atoms with Crippen molar-refractivity contribution in [1.82, 2.24) is 19.8 Å². The molecule has 2 aliphatic heterocycles. The van der Waals surface area contributed by atoms with Crippen LogP contribution < -0.4 is 5.32 Å². The molecule has 1 aromatic heterocycles. The molecule has 0 bridgehead atoms. The maximum atomic E-state index is 13.1. The minimum absolute atomic E-state index is 0.0410. The SMILES string of the molecule is CC.CCC.O=C(N1CCOCC1)N1Cc2nc(Cl)nc(NCc3cc([N+](=O)[O-])cc(C(F)(F)F)c3)c2C1. The third-order valence-electron chi connectivity index (χ3n) is 5.28. The van der Waals surface area contributed by atoms with Gasteiger partial charge in [0.1, 0.15) is 5.82 Å². The molecule has 0 saturated carbocycles. The average Bonchev–Trinajstić information content (AvgIpc) is 3.32. The number of aromatic nitrogens is 2. The molecule has 0 atom stereocenters. The summed E-state index contributed by atoms with van der Waals surface area (Å²) in [6, 6.07) is 2.18. The van der Waals surface area contributed by atoms with Crippen molar-refractivity contribution in [2.24, 2.45) is 0 Å². The third-order valence-corrected chi connectivity index (χ3v) is 5.45. The summed E-state index contributed by atoms with van der Waals surface area (Å²) in [5, 5.41) is 13.9. The number of non-ortho nitro benzene ring substituents is 1. The second-order valence-electron chi connectivity index (χ2n) is 8.21. The van der Waals surface area contributed by atoms with Gasteiger partial charge < -0.3 is 19.9 Å². The van der Waals surface area contributed by atoms with Crippen LogP contribution in [-0.2, 0) is 30.5 Å². The topological polar surface area (TPSA) is 114 Å². The molecule has 1 fully saturated rings. The van der Waals surface area contributed by atoms with E-state index in [0.717, 1.165) is 12.1 Å². The van der Waals surface area contributed by atoms with Gasteiger partial charge in [-0.1, -0.05) is 34.1 Å². The smallest absolute Gasteiger partial charge is 0.378 e. The fraction of sp³-hybridized carbons (Fsp3) is 0.542. The number of halogens is 4. The van der Waals surface area contributed by atoms with Crippen molar-refractivity contribution in [3.05, 3.63) is 56.0 Å². The van der Waals surface area contributed by atoms with Crippen LogP contribution in [0.4, 0.5) is 29.5 Å². The fourth-order valence-electron chi connectivity index (χ4n) is 3.69. The van der Waals surface area contributed by atoms with Gasteiger partial charge in [0, 0.05) is 37.3 Å². The number of hydrogen-bond donors (Lipinski definition) is 1. The summed E-state index contributed by atoms with van der Waals surface area (Å²) >= 11 is 6.01. The number of hydrogen-bond acceptors (Lipinski definition) is 7. The Kier molecular flexibility index (Phi) is 11.5. The first kappa shape index (κ1) is 31.0. The molecule has 2 amide bonds. The predicted octanol–water partition coefficient (Wildman–Crippen LogP) is 5.88. The van der Waals surface area contributed by atoms with E-state index in [9.17, 15) is 28.1 Å². The van der Waals surface area contributed by atoms with Crippen LogP contribution in [0.2, 0.25) is 5.28 Å². The van der Waals surface area contributed by atoms with Crippen LogP contribution in [0.5, 0.6) is 0 Å². The van der Waals surface area contributed by atoms with E-state index in [4.69, 9.17) is 16.3 Å². The molecule has 2 aliphatic rings. The highest BCUT2D eigenvalue weighted by Gasteiger charge is 2.34. The van der Waals surface area contributed by atoms with E-state index in [1.807, 2.05) is 13.8 Å². The monoisotopic (exact) mass is 560 g/mol. The van der Waals surface area contributed by atoms with Crippen LogP contribution >= 0.6 is 11.6 Å². The molecule has 1 N–H and O–H groups in total. The first-order valence-electron chi connectivity index (χ1n) is 12.3. The maximum Gasteiger partial charge on any atom is 0.416 e. The standard InChI is InChI=1S/C19H18ClF3N6O4.C3H8.C2H6/c20-17-25-15-10-28(18(30)27-1-3-33-4-2-27)9-14(15)16(26-17)24-8-11-5-12(19(21,22)23)7-13(6-11)29(31)32;1-3-2;1-2/h5-7H,1-4,8-10H2,(H,24,25,26);3H2,1-2H3;1-2H3. The Bertz CT molecular complexity index is 1110. The molecule has 1 saturated heterocycles. The van der Waals surface area contributed by atoms with Crippen LogP contribution in [0.15, 0.2) is 18.2 Å². The van der Waals surface area contributed by atoms with Crippen LogP contribution in [0.25, 0.3) is 0 Å². The lowest BCUT2D eigenvalue weighted by Crippen LogP contribution is -2.46. The van der Waals surface area contributed by atoms with Gasteiger partial charge >= 0.3 is 12.2 Å². The Balaban J connectivity index is 0.000000947. The molecule has 3 heterocycles. The minimum Gasteiger partial charge on any atom is -0.378 e. The summed E-state index contributed by atoms with van der Waals surface area (Å²) in [7, 11) is 0. The van der Waals surface area contributed by atoms with E-state index in [2.05, 4.69) is 29.1 Å². The van der Waals surface area contributed by atoms with Gasteiger partial charge in [0.05, 0.1) is 42.5 Å². The summed E-state index contributed by atoms with van der Waals surface area (Å²) in [6.45, 7) is 10.3. The van der Waals surface area contributed by atoms with Gasteiger partial charge in [0.25, 0.3) is 5.69 Å². The molecule has 0 spiro atoms. The van der Waals surface area contributed by atoms with Crippen LogP contribution in [0.1, 0.15) is 56.5 Å². The molecule has 0 aliphatic carbocycles. The number of morpholine rings is 1. The fourth-order valence-corrected chi connectivity index (χ4v) is 3.88. The first-order chi connectivity index (χ1) is 18.0. The predicted molar refractivity (Wildman–Crippen MR) is 137 cm³/mol. The highest BCUT2D eigenvalue weighted by Crippen LogP contribution is 2.33. The zero-order valence-electron chi connectivity index (χ0n) is 21.8. The van der Waals surface area contributed by atoms with E-state index < -0.39 is 22.4 Å². The van der Waals surface area contributed by atoms with E-state index in [-0.39, 0.29) is 42.3 Å². The van der Waals surface area contributed by atoms with Crippen LogP contribution in [0.3, 0.4) is 0 Å². The quantitative estimate of drug-likeness (QED) is 0.282. The summed E-state index contributed by atoms with van der Waals surface area (Å²) in [5.41, 5.74) is -0.646. The van der Waals surface area contributed by atoms with E-state index >= 15 is 0 Å². The highest BCUT2D eigenvalue weighted by molar-refractivity contribution is 6.28. The Labute approximate surface area is 224 Å². The van der Waals surface area contributed by atoms with Crippen LogP contribution in [0, 0.1) is 10.1 Å². The number of rotatable bonds is 4. The van der Waals surface area contributed by atoms with Crippen molar-refractivity contribution < 1.29 is 27.6 Å². The zero-order chi connectivity index (χ0) is 28.5. The Morgan fingerprint density at radius 1 is 1.13 bits per heavy atom.